The number of aryl methyl sites for hydroxylation is 3. The lowest BCUT2D eigenvalue weighted by atomic mass is 10.3. The summed E-state index contributed by atoms with van der Waals surface area (Å²) in [6.07, 6.45) is 6.28. The summed E-state index contributed by atoms with van der Waals surface area (Å²) in [6.45, 7) is 0. The molecule has 0 aliphatic rings. The maximum absolute atomic E-state index is 12.5. The van der Waals surface area contributed by atoms with Crippen LogP contribution in [0, 0.1) is 0 Å². The summed E-state index contributed by atoms with van der Waals surface area (Å²) in [6, 6.07) is 2.89. The quantitative estimate of drug-likeness (QED) is 0.625. The van der Waals surface area contributed by atoms with Gasteiger partial charge in [-0.1, -0.05) is 0 Å². The third-order valence-corrected chi connectivity index (χ3v) is 4.00. The number of carbonyl (C=O) groups is 3. The minimum Gasteiger partial charge on any atom is -0.477 e. The van der Waals surface area contributed by atoms with Crippen LogP contribution in [0.1, 0.15) is 31.6 Å². The van der Waals surface area contributed by atoms with Crippen molar-refractivity contribution >= 4 is 29.2 Å². The van der Waals surface area contributed by atoms with Gasteiger partial charge in [-0.15, -0.1) is 0 Å². The zero-order valence-electron chi connectivity index (χ0n) is 14.9. The Morgan fingerprint density at radius 1 is 0.889 bits per heavy atom. The molecule has 10 heteroatoms. The van der Waals surface area contributed by atoms with Crippen molar-refractivity contribution in [1.29, 1.82) is 0 Å². The van der Waals surface area contributed by atoms with E-state index < -0.39 is 17.8 Å². The second-order valence-electron chi connectivity index (χ2n) is 6.03. The van der Waals surface area contributed by atoms with Crippen molar-refractivity contribution in [3.05, 3.63) is 54.1 Å². The minimum atomic E-state index is -1.09. The number of nitrogens with one attached hydrogen (secondary N) is 2. The van der Waals surface area contributed by atoms with Gasteiger partial charge < -0.3 is 29.4 Å². The van der Waals surface area contributed by atoms with Crippen molar-refractivity contribution in [2.75, 3.05) is 10.6 Å². The first kappa shape index (κ1) is 18.0. The van der Waals surface area contributed by atoms with Gasteiger partial charge in [0.2, 0.25) is 0 Å². The molecule has 0 spiro atoms. The Kier molecular flexibility index (Phi) is 4.55. The first-order valence-corrected chi connectivity index (χ1v) is 7.92. The van der Waals surface area contributed by atoms with Gasteiger partial charge in [-0.2, -0.15) is 0 Å². The van der Waals surface area contributed by atoms with Gasteiger partial charge in [0, 0.05) is 45.9 Å². The highest BCUT2D eigenvalue weighted by Gasteiger charge is 2.17. The zero-order valence-corrected chi connectivity index (χ0v) is 14.9. The second kappa shape index (κ2) is 6.83. The monoisotopic (exact) mass is 370 g/mol. The van der Waals surface area contributed by atoms with E-state index in [9.17, 15) is 14.4 Å². The normalized spacial score (nSPS) is 10.6. The number of aromatic carboxylic acids is 1. The number of carboxylic acid groups (broad SMARTS) is 1. The Bertz CT molecular complexity index is 1040. The molecule has 27 heavy (non-hydrogen) atoms. The second-order valence-corrected chi connectivity index (χ2v) is 6.03. The average Bonchev–Trinajstić information content (AvgIpc) is 3.26. The van der Waals surface area contributed by atoms with Gasteiger partial charge in [0.15, 0.2) is 5.82 Å². The predicted molar refractivity (Wildman–Crippen MR) is 96.9 cm³/mol. The average molecular weight is 370 g/mol. The molecule has 10 nitrogen and oxygen atoms in total. The van der Waals surface area contributed by atoms with Gasteiger partial charge in [-0.3, -0.25) is 9.59 Å². The van der Waals surface area contributed by atoms with E-state index >= 15 is 0 Å². The fourth-order valence-electron chi connectivity index (χ4n) is 2.67. The Morgan fingerprint density at radius 2 is 1.44 bits per heavy atom. The molecule has 0 radical (unpaired) electrons. The fourth-order valence-corrected chi connectivity index (χ4v) is 2.67. The van der Waals surface area contributed by atoms with E-state index in [1.54, 1.807) is 42.7 Å². The summed E-state index contributed by atoms with van der Waals surface area (Å²) >= 11 is 0. The zero-order chi connectivity index (χ0) is 19.7. The topological polar surface area (TPSA) is 123 Å². The van der Waals surface area contributed by atoms with Crippen LogP contribution in [0.15, 0.2) is 36.9 Å². The molecular weight excluding hydrogens is 352 g/mol. The number of imidazole rings is 1. The van der Waals surface area contributed by atoms with E-state index in [0.29, 0.717) is 17.1 Å². The molecule has 140 valence electrons. The molecule has 3 aromatic heterocycles. The summed E-state index contributed by atoms with van der Waals surface area (Å²) in [5.74, 6) is -1.67. The molecule has 0 aromatic carbocycles. The van der Waals surface area contributed by atoms with Crippen LogP contribution in [-0.2, 0) is 21.1 Å². The van der Waals surface area contributed by atoms with Gasteiger partial charge in [0.05, 0.1) is 11.4 Å². The molecule has 2 amide bonds. The Balaban J connectivity index is 1.75. The highest BCUT2D eigenvalue weighted by molar-refractivity contribution is 6.06. The molecule has 0 aliphatic heterocycles. The number of carboxylic acids is 1. The van der Waals surface area contributed by atoms with Crippen LogP contribution in [0.2, 0.25) is 0 Å². The summed E-state index contributed by atoms with van der Waals surface area (Å²) in [7, 11) is 4.95. The van der Waals surface area contributed by atoms with E-state index in [0.717, 1.165) is 0 Å². The molecule has 0 saturated carbocycles. The van der Waals surface area contributed by atoms with Crippen molar-refractivity contribution in [2.45, 2.75) is 0 Å². The SMILES string of the molecule is Cn1cc(NC(=O)c2cc(NC(=O)c3nccn3C)cn2C)cc1C(=O)O. The van der Waals surface area contributed by atoms with Crippen LogP contribution in [0.3, 0.4) is 0 Å². The molecule has 0 saturated heterocycles. The predicted octanol–water partition coefficient (Wildman–Crippen LogP) is 1.30. The molecule has 0 bridgehead atoms. The highest BCUT2D eigenvalue weighted by atomic mass is 16.4. The maximum Gasteiger partial charge on any atom is 0.352 e. The van der Waals surface area contributed by atoms with Crippen molar-refractivity contribution in [1.82, 2.24) is 18.7 Å². The van der Waals surface area contributed by atoms with E-state index in [4.69, 9.17) is 5.11 Å². The highest BCUT2D eigenvalue weighted by Crippen LogP contribution is 2.18. The van der Waals surface area contributed by atoms with Crippen molar-refractivity contribution in [3.63, 3.8) is 0 Å². The van der Waals surface area contributed by atoms with Crippen molar-refractivity contribution in [2.24, 2.45) is 21.1 Å². The Morgan fingerprint density at radius 3 is 1.96 bits per heavy atom. The molecule has 3 aromatic rings. The van der Waals surface area contributed by atoms with E-state index in [2.05, 4.69) is 15.6 Å². The summed E-state index contributed by atoms with van der Waals surface area (Å²) in [5.41, 5.74) is 1.15. The lowest BCUT2D eigenvalue weighted by Crippen LogP contribution is -2.16. The van der Waals surface area contributed by atoms with Crippen LogP contribution >= 0.6 is 0 Å². The Labute approximate surface area is 154 Å². The number of rotatable bonds is 5. The molecule has 0 fully saturated rings. The summed E-state index contributed by atoms with van der Waals surface area (Å²) in [5, 5.41) is 14.4. The number of hydrogen-bond acceptors (Lipinski definition) is 4. The van der Waals surface area contributed by atoms with Crippen LogP contribution in [0.25, 0.3) is 0 Å². The third-order valence-electron chi connectivity index (χ3n) is 4.00. The number of aromatic nitrogens is 4. The number of nitrogens with zero attached hydrogens (tertiary/aromatic N) is 4. The molecule has 0 aliphatic carbocycles. The maximum atomic E-state index is 12.5. The fraction of sp³-hybridized carbons (Fsp3) is 0.176. The number of carbonyl (C=O) groups excluding carboxylic acids is 2. The van der Waals surface area contributed by atoms with Crippen LogP contribution in [-0.4, -0.2) is 41.6 Å². The van der Waals surface area contributed by atoms with Crippen LogP contribution in [0.4, 0.5) is 11.4 Å². The van der Waals surface area contributed by atoms with Gasteiger partial charge in [0.1, 0.15) is 11.4 Å². The van der Waals surface area contributed by atoms with Crippen LogP contribution in [0.5, 0.6) is 0 Å². The largest absolute Gasteiger partial charge is 0.477 e. The number of hydrogen-bond donors (Lipinski definition) is 3. The number of amides is 2. The van der Waals surface area contributed by atoms with E-state index in [1.165, 1.54) is 29.1 Å². The Hall–Kier alpha value is -3.82. The van der Waals surface area contributed by atoms with Gasteiger partial charge in [-0.25, -0.2) is 9.78 Å². The van der Waals surface area contributed by atoms with Gasteiger partial charge in [0.25, 0.3) is 11.8 Å². The number of anilines is 2. The minimum absolute atomic E-state index is 0.0557. The third kappa shape index (κ3) is 3.59. The molecule has 3 rings (SSSR count). The molecule has 3 heterocycles. The molecule has 0 unspecified atom stereocenters. The van der Waals surface area contributed by atoms with E-state index in [1.807, 2.05) is 0 Å². The van der Waals surface area contributed by atoms with Gasteiger partial charge >= 0.3 is 5.97 Å². The molecule has 3 N–H and O–H groups in total. The standard InChI is InChI=1S/C17H18N6O4/c1-21-5-4-18-14(21)16(25)20-10-6-12(22(2)8-10)15(24)19-11-7-13(17(26)27)23(3)9-11/h4-9H,1-3H3,(H,19,24)(H,20,25)(H,26,27). The molecular formula is C17H18N6O4. The molecule has 0 atom stereocenters. The first-order valence-electron chi connectivity index (χ1n) is 7.92. The lowest BCUT2D eigenvalue weighted by Gasteiger charge is -2.03. The van der Waals surface area contributed by atoms with Crippen LogP contribution < -0.4 is 10.6 Å². The van der Waals surface area contributed by atoms with Crippen molar-refractivity contribution < 1.29 is 19.5 Å². The van der Waals surface area contributed by atoms with E-state index in [-0.39, 0.29) is 11.5 Å². The first-order chi connectivity index (χ1) is 12.8. The lowest BCUT2D eigenvalue weighted by molar-refractivity contribution is 0.0686. The smallest absolute Gasteiger partial charge is 0.352 e. The summed E-state index contributed by atoms with van der Waals surface area (Å²) in [4.78, 5) is 39.8. The van der Waals surface area contributed by atoms with Gasteiger partial charge in [-0.05, 0) is 12.1 Å². The van der Waals surface area contributed by atoms with Crippen molar-refractivity contribution in [3.8, 4) is 0 Å². The summed E-state index contributed by atoms with van der Waals surface area (Å²) < 4.78 is 4.55.